The van der Waals surface area contributed by atoms with Gasteiger partial charge in [0.1, 0.15) is 16.6 Å². The molecule has 0 amide bonds. The Morgan fingerprint density at radius 1 is 1.22 bits per heavy atom. The number of hydrogen-bond donors (Lipinski definition) is 0. The number of methoxy groups -OCH3 is 2. The lowest BCUT2D eigenvalue weighted by atomic mass is 10.3. The third-order valence-electron chi connectivity index (χ3n) is 2.25. The predicted octanol–water partition coefficient (Wildman–Crippen LogP) is 2.79. The highest BCUT2D eigenvalue weighted by atomic mass is 35.5. The second-order valence-corrected chi connectivity index (χ2v) is 4.63. The van der Waals surface area contributed by atoms with Crippen LogP contribution in [0.15, 0.2) is 18.2 Å². The van der Waals surface area contributed by atoms with E-state index in [9.17, 15) is 0 Å². The van der Waals surface area contributed by atoms with Crippen LogP contribution >= 0.6 is 23.1 Å². The monoisotopic (exact) mass is 286 g/mol. The lowest BCUT2D eigenvalue weighted by molar-refractivity contribution is 0.262. The maximum Gasteiger partial charge on any atom is 0.203 e. The van der Waals surface area contributed by atoms with Gasteiger partial charge in [-0.2, -0.15) is 0 Å². The van der Waals surface area contributed by atoms with Crippen LogP contribution in [0, 0.1) is 0 Å². The van der Waals surface area contributed by atoms with Crippen molar-refractivity contribution in [2.45, 2.75) is 6.61 Å². The van der Waals surface area contributed by atoms with Gasteiger partial charge in [-0.05, 0) is 12.1 Å². The first kappa shape index (κ1) is 12.9. The third-order valence-corrected chi connectivity index (χ3v) is 3.23. The number of hydrogen-bond acceptors (Lipinski definition) is 6. The van der Waals surface area contributed by atoms with Gasteiger partial charge in [-0.25, -0.2) is 0 Å². The summed E-state index contributed by atoms with van der Waals surface area (Å²) in [5, 5.41) is 3.87. The molecule has 18 heavy (non-hydrogen) atoms. The lowest BCUT2D eigenvalue weighted by Gasteiger charge is -2.13. The van der Waals surface area contributed by atoms with Gasteiger partial charge in [0.05, 0.1) is 14.2 Å². The quantitative estimate of drug-likeness (QED) is 0.846. The molecule has 1 aromatic heterocycles. The first-order valence-corrected chi connectivity index (χ1v) is 6.22. The molecule has 7 heteroatoms. The third kappa shape index (κ3) is 2.65. The summed E-state index contributed by atoms with van der Waals surface area (Å²) >= 11 is 7.03. The van der Waals surface area contributed by atoms with Gasteiger partial charge in [0.2, 0.25) is 5.75 Å². The fraction of sp³-hybridized carbons (Fsp3) is 0.273. The Labute approximate surface area is 113 Å². The van der Waals surface area contributed by atoms with E-state index in [1.165, 1.54) is 0 Å². The number of ether oxygens (including phenoxy) is 3. The summed E-state index contributed by atoms with van der Waals surface area (Å²) in [5.74, 6) is 1.70. The zero-order valence-corrected chi connectivity index (χ0v) is 11.4. The SMILES string of the molecule is COc1cccc(OC)c1OCc1nnsc1Cl. The molecule has 0 radical (unpaired) electrons. The molecule has 2 rings (SSSR count). The molecule has 96 valence electrons. The van der Waals surface area contributed by atoms with E-state index < -0.39 is 0 Å². The molecule has 0 spiro atoms. The van der Waals surface area contributed by atoms with Gasteiger partial charge in [-0.3, -0.25) is 0 Å². The maximum atomic E-state index is 5.90. The summed E-state index contributed by atoms with van der Waals surface area (Å²) in [7, 11) is 3.14. The van der Waals surface area contributed by atoms with Crippen molar-refractivity contribution in [2.75, 3.05) is 14.2 Å². The Balaban J connectivity index is 2.20. The summed E-state index contributed by atoms with van der Waals surface area (Å²) in [6.45, 7) is 0.214. The zero-order valence-electron chi connectivity index (χ0n) is 9.84. The van der Waals surface area contributed by atoms with Gasteiger partial charge < -0.3 is 14.2 Å². The zero-order chi connectivity index (χ0) is 13.0. The topological polar surface area (TPSA) is 53.5 Å². The van der Waals surface area contributed by atoms with Crippen LogP contribution in [0.1, 0.15) is 5.69 Å². The number of halogens is 1. The van der Waals surface area contributed by atoms with Crippen LogP contribution in [0.3, 0.4) is 0 Å². The predicted molar refractivity (Wildman–Crippen MR) is 68.8 cm³/mol. The number of benzene rings is 1. The number of nitrogens with zero attached hydrogens (tertiary/aromatic N) is 2. The molecular weight excluding hydrogens is 276 g/mol. The molecule has 0 aliphatic carbocycles. The van der Waals surface area contributed by atoms with E-state index in [2.05, 4.69) is 9.59 Å². The molecule has 0 aliphatic heterocycles. The smallest absolute Gasteiger partial charge is 0.203 e. The Bertz CT molecular complexity index is 511. The van der Waals surface area contributed by atoms with Crippen LogP contribution < -0.4 is 14.2 Å². The molecule has 0 aliphatic rings. The van der Waals surface area contributed by atoms with Crippen LogP contribution in [0.4, 0.5) is 0 Å². The molecule has 0 N–H and O–H groups in total. The van der Waals surface area contributed by atoms with Gasteiger partial charge in [0.25, 0.3) is 0 Å². The molecular formula is C11H11ClN2O3S. The Hall–Kier alpha value is -1.53. The number of para-hydroxylation sites is 1. The molecule has 1 heterocycles. The fourth-order valence-electron chi connectivity index (χ4n) is 1.38. The summed E-state index contributed by atoms with van der Waals surface area (Å²) in [4.78, 5) is 0. The van der Waals surface area contributed by atoms with E-state index >= 15 is 0 Å². The maximum absolute atomic E-state index is 5.90. The van der Waals surface area contributed by atoms with Crippen LogP contribution in [-0.2, 0) is 6.61 Å². The first-order chi connectivity index (χ1) is 8.76. The van der Waals surface area contributed by atoms with E-state index in [1.807, 2.05) is 6.07 Å². The molecule has 0 atom stereocenters. The summed E-state index contributed by atoms with van der Waals surface area (Å²) in [6, 6.07) is 5.40. The largest absolute Gasteiger partial charge is 0.493 e. The molecule has 0 saturated heterocycles. The van der Waals surface area contributed by atoms with Crippen molar-refractivity contribution in [3.8, 4) is 17.2 Å². The summed E-state index contributed by atoms with van der Waals surface area (Å²) in [6.07, 6.45) is 0. The van der Waals surface area contributed by atoms with E-state index in [1.54, 1.807) is 26.4 Å². The van der Waals surface area contributed by atoms with Crippen molar-refractivity contribution in [1.29, 1.82) is 0 Å². The van der Waals surface area contributed by atoms with Crippen LogP contribution in [0.5, 0.6) is 17.2 Å². The minimum atomic E-state index is 0.214. The first-order valence-electron chi connectivity index (χ1n) is 5.06. The molecule has 0 unspecified atom stereocenters. The minimum Gasteiger partial charge on any atom is -0.493 e. The lowest BCUT2D eigenvalue weighted by Crippen LogP contribution is -2.00. The minimum absolute atomic E-state index is 0.214. The van der Waals surface area contributed by atoms with Crippen molar-refractivity contribution in [2.24, 2.45) is 0 Å². The summed E-state index contributed by atoms with van der Waals surface area (Å²) < 4.78 is 20.3. The highest BCUT2D eigenvalue weighted by molar-refractivity contribution is 7.10. The number of aromatic nitrogens is 2. The fourth-order valence-corrected chi connectivity index (χ4v) is 1.98. The molecule has 0 fully saturated rings. The Morgan fingerprint density at radius 2 is 1.89 bits per heavy atom. The Morgan fingerprint density at radius 3 is 2.39 bits per heavy atom. The standard InChI is InChI=1S/C11H11ClN2O3S/c1-15-8-4-3-5-9(16-2)10(8)17-6-7-11(12)18-14-13-7/h3-5H,6H2,1-2H3. The van der Waals surface area contributed by atoms with E-state index in [-0.39, 0.29) is 6.61 Å². The van der Waals surface area contributed by atoms with E-state index in [4.69, 9.17) is 25.8 Å². The molecule has 2 aromatic rings. The van der Waals surface area contributed by atoms with Crippen molar-refractivity contribution in [1.82, 2.24) is 9.59 Å². The average molecular weight is 287 g/mol. The Kier molecular flexibility index (Phi) is 4.22. The van der Waals surface area contributed by atoms with Gasteiger partial charge >= 0.3 is 0 Å². The summed E-state index contributed by atoms with van der Waals surface area (Å²) in [5.41, 5.74) is 0.592. The normalized spacial score (nSPS) is 10.2. The van der Waals surface area contributed by atoms with Crippen molar-refractivity contribution < 1.29 is 14.2 Å². The van der Waals surface area contributed by atoms with E-state index in [0.29, 0.717) is 27.3 Å². The van der Waals surface area contributed by atoms with Crippen molar-refractivity contribution in [3.05, 3.63) is 28.2 Å². The average Bonchev–Trinajstić information content (AvgIpc) is 2.81. The van der Waals surface area contributed by atoms with Crippen LogP contribution in [0.2, 0.25) is 4.34 Å². The van der Waals surface area contributed by atoms with E-state index in [0.717, 1.165) is 11.5 Å². The van der Waals surface area contributed by atoms with Crippen molar-refractivity contribution in [3.63, 3.8) is 0 Å². The highest BCUT2D eigenvalue weighted by Gasteiger charge is 2.13. The number of rotatable bonds is 5. The molecule has 5 nitrogen and oxygen atoms in total. The van der Waals surface area contributed by atoms with Gasteiger partial charge in [0, 0.05) is 11.5 Å². The van der Waals surface area contributed by atoms with Crippen LogP contribution in [-0.4, -0.2) is 23.8 Å². The molecule has 1 aromatic carbocycles. The highest BCUT2D eigenvalue weighted by Crippen LogP contribution is 2.37. The second-order valence-electron chi connectivity index (χ2n) is 3.27. The van der Waals surface area contributed by atoms with Gasteiger partial charge in [0.15, 0.2) is 11.5 Å². The van der Waals surface area contributed by atoms with Crippen LogP contribution in [0.25, 0.3) is 0 Å². The molecule has 0 saturated carbocycles. The second kappa shape index (κ2) is 5.88. The van der Waals surface area contributed by atoms with Gasteiger partial charge in [-0.1, -0.05) is 22.2 Å². The molecule has 0 bridgehead atoms. The van der Waals surface area contributed by atoms with Crippen molar-refractivity contribution >= 4 is 23.1 Å². The van der Waals surface area contributed by atoms with Gasteiger partial charge in [-0.15, -0.1) is 5.10 Å².